The minimum absolute atomic E-state index is 0.00528. The van der Waals surface area contributed by atoms with E-state index in [0.717, 1.165) is 28.9 Å². The molecule has 4 rings (SSSR count). The lowest BCUT2D eigenvalue weighted by Crippen LogP contribution is -2.28. The van der Waals surface area contributed by atoms with Gasteiger partial charge in [-0.2, -0.15) is 0 Å². The van der Waals surface area contributed by atoms with Crippen LogP contribution in [0.3, 0.4) is 0 Å². The molecular formula is C19H21N3O2S. The van der Waals surface area contributed by atoms with E-state index in [0.29, 0.717) is 5.25 Å². The van der Waals surface area contributed by atoms with Crippen molar-refractivity contribution in [1.29, 1.82) is 0 Å². The largest absolute Gasteiger partial charge is 0.493 e. The maximum absolute atomic E-state index is 5.51. The van der Waals surface area contributed by atoms with Gasteiger partial charge in [0, 0.05) is 18.0 Å². The van der Waals surface area contributed by atoms with Crippen LogP contribution < -0.4 is 9.47 Å². The molecule has 25 heavy (non-hydrogen) atoms. The van der Waals surface area contributed by atoms with Crippen LogP contribution in [0.2, 0.25) is 0 Å². The van der Waals surface area contributed by atoms with Gasteiger partial charge < -0.3 is 14.4 Å². The normalized spacial score (nSPS) is 24.8. The molecule has 6 heteroatoms. The number of amidine groups is 1. The van der Waals surface area contributed by atoms with Crippen LogP contribution in [0.5, 0.6) is 11.5 Å². The van der Waals surface area contributed by atoms with Crippen LogP contribution in [0.4, 0.5) is 0 Å². The average Bonchev–Trinajstić information content (AvgIpc) is 3.17. The van der Waals surface area contributed by atoms with Crippen LogP contribution in [0.15, 0.2) is 47.6 Å². The zero-order valence-electron chi connectivity index (χ0n) is 14.5. The zero-order valence-corrected chi connectivity index (χ0v) is 15.4. The molecule has 0 N–H and O–H groups in total. The lowest BCUT2D eigenvalue weighted by atomic mass is 9.96. The Bertz CT molecular complexity index is 797. The van der Waals surface area contributed by atoms with E-state index < -0.39 is 0 Å². The molecule has 0 amide bonds. The molecule has 1 aromatic heterocycles. The SMILES string of the molecule is COc1ccc([C@@H]2[C@@H](c3ccccn3)N=C3S[C@@H](C)CN32)cc1OC. The minimum Gasteiger partial charge on any atom is -0.493 e. The molecule has 2 aromatic rings. The van der Waals surface area contributed by atoms with Crippen molar-refractivity contribution in [3.63, 3.8) is 0 Å². The van der Waals surface area contributed by atoms with Crippen LogP contribution in [0.25, 0.3) is 0 Å². The third kappa shape index (κ3) is 2.84. The quantitative estimate of drug-likeness (QED) is 0.837. The number of hydrogen-bond acceptors (Lipinski definition) is 6. The van der Waals surface area contributed by atoms with Crippen molar-refractivity contribution in [1.82, 2.24) is 9.88 Å². The molecule has 0 spiro atoms. The molecule has 0 aliphatic carbocycles. The number of thioether (sulfide) groups is 1. The number of fused-ring (bicyclic) bond motifs is 1. The Labute approximate surface area is 152 Å². The maximum Gasteiger partial charge on any atom is 0.161 e. The van der Waals surface area contributed by atoms with Gasteiger partial charge >= 0.3 is 0 Å². The fraction of sp³-hybridized carbons (Fsp3) is 0.368. The molecule has 1 fully saturated rings. The predicted octanol–water partition coefficient (Wildman–Crippen LogP) is 3.69. The number of hydrogen-bond donors (Lipinski definition) is 0. The summed E-state index contributed by atoms with van der Waals surface area (Å²) in [5.41, 5.74) is 2.17. The first kappa shape index (κ1) is 16.3. The first-order chi connectivity index (χ1) is 12.2. The van der Waals surface area contributed by atoms with Crippen molar-refractivity contribution in [2.75, 3.05) is 20.8 Å². The van der Waals surface area contributed by atoms with E-state index in [1.807, 2.05) is 36.2 Å². The summed E-state index contributed by atoms with van der Waals surface area (Å²) in [6, 6.07) is 12.3. The zero-order chi connectivity index (χ0) is 17.4. The lowest BCUT2D eigenvalue weighted by Gasteiger charge is -2.27. The molecule has 1 saturated heterocycles. The van der Waals surface area contributed by atoms with Gasteiger partial charge in [-0.25, -0.2) is 0 Å². The average molecular weight is 355 g/mol. The number of methoxy groups -OCH3 is 2. The molecule has 2 aliphatic rings. The van der Waals surface area contributed by atoms with Gasteiger partial charge in [0.15, 0.2) is 16.7 Å². The molecule has 3 atom stereocenters. The molecule has 1 aromatic carbocycles. The van der Waals surface area contributed by atoms with Crippen molar-refractivity contribution >= 4 is 16.9 Å². The first-order valence-corrected chi connectivity index (χ1v) is 9.23. The fourth-order valence-corrected chi connectivity index (χ4v) is 4.61. The van der Waals surface area contributed by atoms with E-state index in [-0.39, 0.29) is 12.1 Å². The number of nitrogens with zero attached hydrogens (tertiary/aromatic N) is 3. The van der Waals surface area contributed by atoms with Gasteiger partial charge in [-0.15, -0.1) is 0 Å². The Kier molecular flexibility index (Phi) is 4.29. The topological polar surface area (TPSA) is 47.0 Å². The third-order valence-electron chi connectivity index (χ3n) is 4.63. The Morgan fingerprint density at radius 2 is 1.96 bits per heavy atom. The third-order valence-corrected chi connectivity index (χ3v) is 5.73. The molecule has 3 heterocycles. The Morgan fingerprint density at radius 3 is 2.68 bits per heavy atom. The first-order valence-electron chi connectivity index (χ1n) is 8.35. The van der Waals surface area contributed by atoms with Gasteiger partial charge in [-0.1, -0.05) is 30.8 Å². The van der Waals surface area contributed by atoms with Crippen LogP contribution >= 0.6 is 11.8 Å². The molecular weight excluding hydrogens is 334 g/mol. The van der Waals surface area contributed by atoms with Crippen molar-refractivity contribution in [2.45, 2.75) is 24.3 Å². The van der Waals surface area contributed by atoms with Gasteiger partial charge in [0.2, 0.25) is 0 Å². The summed E-state index contributed by atoms with van der Waals surface area (Å²) in [5, 5.41) is 1.66. The van der Waals surface area contributed by atoms with Gasteiger partial charge in [0.25, 0.3) is 0 Å². The van der Waals surface area contributed by atoms with Crippen molar-refractivity contribution in [2.24, 2.45) is 4.99 Å². The maximum atomic E-state index is 5.51. The highest BCUT2D eigenvalue weighted by molar-refractivity contribution is 8.14. The Hall–Kier alpha value is -2.21. The second kappa shape index (κ2) is 6.59. The predicted molar refractivity (Wildman–Crippen MR) is 100 cm³/mol. The second-order valence-electron chi connectivity index (χ2n) is 6.25. The van der Waals surface area contributed by atoms with Crippen molar-refractivity contribution in [3.05, 3.63) is 53.9 Å². The van der Waals surface area contributed by atoms with E-state index in [4.69, 9.17) is 14.5 Å². The van der Waals surface area contributed by atoms with E-state index >= 15 is 0 Å². The summed E-state index contributed by atoms with van der Waals surface area (Å²) >= 11 is 1.84. The molecule has 0 saturated carbocycles. The Balaban J connectivity index is 1.77. The van der Waals surface area contributed by atoms with Gasteiger partial charge in [-0.3, -0.25) is 9.98 Å². The van der Waals surface area contributed by atoms with Crippen molar-refractivity contribution < 1.29 is 9.47 Å². The molecule has 0 radical (unpaired) electrons. The van der Waals surface area contributed by atoms with Crippen LogP contribution in [-0.4, -0.2) is 41.1 Å². The number of aliphatic imine (C=N–C) groups is 1. The van der Waals surface area contributed by atoms with Gasteiger partial charge in [0.05, 0.1) is 26.0 Å². The summed E-state index contributed by atoms with van der Waals surface area (Å²) in [6.07, 6.45) is 1.83. The van der Waals surface area contributed by atoms with E-state index in [2.05, 4.69) is 35.0 Å². The molecule has 130 valence electrons. The number of pyridine rings is 1. The number of aromatic nitrogens is 1. The number of benzene rings is 1. The number of ether oxygens (including phenoxy) is 2. The standard InChI is InChI=1S/C19H21N3O2S/c1-12-11-22-18(13-7-8-15(23-2)16(10-13)24-3)17(21-19(22)25-12)14-6-4-5-9-20-14/h4-10,12,17-18H,11H2,1-3H3/t12-,17+,18+/m0/s1. The van der Waals surface area contributed by atoms with E-state index in [1.165, 1.54) is 5.56 Å². The summed E-state index contributed by atoms with van der Waals surface area (Å²) in [4.78, 5) is 12.0. The summed E-state index contributed by atoms with van der Waals surface area (Å²) in [7, 11) is 3.33. The van der Waals surface area contributed by atoms with Gasteiger partial charge in [0.1, 0.15) is 6.04 Å². The highest BCUT2D eigenvalue weighted by Crippen LogP contribution is 2.48. The monoisotopic (exact) mass is 355 g/mol. The Morgan fingerprint density at radius 1 is 1.12 bits per heavy atom. The fourth-order valence-electron chi connectivity index (χ4n) is 3.51. The highest BCUT2D eigenvalue weighted by atomic mass is 32.2. The van der Waals surface area contributed by atoms with Gasteiger partial charge in [-0.05, 0) is 29.8 Å². The summed E-state index contributed by atoms with van der Waals surface area (Å²) in [5.74, 6) is 1.48. The smallest absolute Gasteiger partial charge is 0.161 e. The van der Waals surface area contributed by atoms with E-state index in [1.54, 1.807) is 14.2 Å². The second-order valence-corrected chi connectivity index (χ2v) is 7.66. The molecule has 0 bridgehead atoms. The summed E-state index contributed by atoms with van der Waals surface area (Å²) in [6.45, 7) is 3.23. The molecule has 5 nitrogen and oxygen atoms in total. The number of rotatable bonds is 4. The minimum atomic E-state index is -0.00528. The highest BCUT2D eigenvalue weighted by Gasteiger charge is 2.43. The van der Waals surface area contributed by atoms with Crippen LogP contribution in [0.1, 0.15) is 30.3 Å². The van der Waals surface area contributed by atoms with Crippen molar-refractivity contribution in [3.8, 4) is 11.5 Å². The van der Waals surface area contributed by atoms with Crippen LogP contribution in [-0.2, 0) is 0 Å². The van der Waals surface area contributed by atoms with E-state index in [9.17, 15) is 0 Å². The van der Waals surface area contributed by atoms with Crippen LogP contribution in [0, 0.1) is 0 Å². The molecule has 0 unspecified atom stereocenters. The molecule has 2 aliphatic heterocycles. The summed E-state index contributed by atoms with van der Waals surface area (Å²) < 4.78 is 10.9. The lowest BCUT2D eigenvalue weighted by molar-refractivity contribution is 0.317.